The first kappa shape index (κ1) is 11.4. The Bertz CT molecular complexity index is 312. The first-order valence-electron chi connectivity index (χ1n) is 4.55. The number of hydrogen-bond donors (Lipinski definition) is 2. The van der Waals surface area contributed by atoms with Gasteiger partial charge in [-0.2, -0.15) is 0 Å². The van der Waals surface area contributed by atoms with Crippen LogP contribution in [0.2, 0.25) is 0 Å². The molecule has 0 fully saturated rings. The van der Waals surface area contributed by atoms with Crippen LogP contribution in [-0.4, -0.2) is 43.2 Å². The van der Waals surface area contributed by atoms with Crippen LogP contribution in [0.4, 0.5) is 5.82 Å². The summed E-state index contributed by atoms with van der Waals surface area (Å²) in [5.74, 6) is 0.380. The summed E-state index contributed by atoms with van der Waals surface area (Å²) >= 11 is 0. The van der Waals surface area contributed by atoms with Crippen LogP contribution in [-0.2, 0) is 4.74 Å². The average Bonchev–Trinajstić information content (AvgIpc) is 2.29. The van der Waals surface area contributed by atoms with Crippen LogP contribution in [0.25, 0.3) is 0 Å². The summed E-state index contributed by atoms with van der Waals surface area (Å²) in [6.45, 7) is 0.943. The molecule has 82 valence electrons. The van der Waals surface area contributed by atoms with Gasteiger partial charge in [0.1, 0.15) is 11.5 Å². The maximum Gasteiger partial charge on any atom is 0.271 e. The Balaban J connectivity index is 2.50. The van der Waals surface area contributed by atoms with Gasteiger partial charge in [0.25, 0.3) is 5.91 Å². The maximum atomic E-state index is 11.4. The number of nitrogens with one attached hydrogen (secondary N) is 2. The number of ether oxygens (including phenoxy) is 1. The molecule has 15 heavy (non-hydrogen) atoms. The van der Waals surface area contributed by atoms with Crippen molar-refractivity contribution in [2.75, 3.05) is 32.6 Å². The van der Waals surface area contributed by atoms with Gasteiger partial charge < -0.3 is 15.4 Å². The van der Waals surface area contributed by atoms with Crippen molar-refractivity contribution in [3.63, 3.8) is 0 Å². The van der Waals surface area contributed by atoms with Crippen molar-refractivity contribution in [1.82, 2.24) is 15.3 Å². The molecular formula is C9H14N4O2. The number of carbonyl (C=O) groups excluding carboxylic acids is 1. The Labute approximate surface area is 88.1 Å². The molecule has 1 aromatic heterocycles. The molecule has 0 bridgehead atoms. The molecule has 0 spiro atoms. The normalized spacial score (nSPS) is 9.73. The van der Waals surface area contributed by atoms with Crippen molar-refractivity contribution >= 4 is 11.7 Å². The second-order valence-electron chi connectivity index (χ2n) is 2.79. The molecule has 0 aliphatic heterocycles. The third-order valence-corrected chi connectivity index (χ3v) is 1.73. The molecule has 6 nitrogen and oxygen atoms in total. The van der Waals surface area contributed by atoms with Crippen LogP contribution >= 0.6 is 0 Å². The van der Waals surface area contributed by atoms with Gasteiger partial charge in [0.15, 0.2) is 0 Å². The van der Waals surface area contributed by atoms with E-state index in [1.54, 1.807) is 14.2 Å². The second-order valence-corrected chi connectivity index (χ2v) is 2.79. The topological polar surface area (TPSA) is 76.1 Å². The lowest BCUT2D eigenvalue weighted by Crippen LogP contribution is -2.27. The number of rotatable bonds is 5. The minimum absolute atomic E-state index is 0.248. The van der Waals surface area contributed by atoms with Crippen LogP contribution in [0.1, 0.15) is 10.5 Å². The van der Waals surface area contributed by atoms with Crippen LogP contribution in [0.5, 0.6) is 0 Å². The third-order valence-electron chi connectivity index (χ3n) is 1.73. The lowest BCUT2D eigenvalue weighted by atomic mass is 10.4. The van der Waals surface area contributed by atoms with E-state index >= 15 is 0 Å². The summed E-state index contributed by atoms with van der Waals surface area (Å²) in [6, 6.07) is 0. The first-order valence-corrected chi connectivity index (χ1v) is 4.55. The van der Waals surface area contributed by atoms with Crippen molar-refractivity contribution in [3.05, 3.63) is 18.1 Å². The fourth-order valence-electron chi connectivity index (χ4n) is 0.932. The zero-order valence-electron chi connectivity index (χ0n) is 8.78. The molecule has 1 heterocycles. The van der Waals surface area contributed by atoms with E-state index in [-0.39, 0.29) is 5.91 Å². The summed E-state index contributed by atoms with van der Waals surface area (Å²) in [6.07, 6.45) is 2.93. The molecule has 0 radical (unpaired) electrons. The van der Waals surface area contributed by atoms with Gasteiger partial charge in [-0.15, -0.1) is 0 Å². The predicted octanol–water partition coefficient (Wildman–Crippen LogP) is -0.106. The largest absolute Gasteiger partial charge is 0.383 e. The summed E-state index contributed by atoms with van der Waals surface area (Å²) in [4.78, 5) is 19.4. The minimum Gasteiger partial charge on any atom is -0.383 e. The highest BCUT2D eigenvalue weighted by Gasteiger charge is 2.06. The minimum atomic E-state index is -0.248. The molecule has 0 saturated heterocycles. The van der Waals surface area contributed by atoms with Crippen molar-refractivity contribution in [2.45, 2.75) is 0 Å². The summed E-state index contributed by atoms with van der Waals surface area (Å²) < 4.78 is 4.80. The standard InChI is InChI=1S/C9H14N4O2/c1-10-8-6-12-7(5-13-8)9(14)11-3-4-15-2/h5-6H,3-4H2,1-2H3,(H,10,13)(H,11,14). The molecule has 0 aliphatic carbocycles. The highest BCUT2D eigenvalue weighted by molar-refractivity contribution is 5.91. The van der Waals surface area contributed by atoms with E-state index < -0.39 is 0 Å². The van der Waals surface area contributed by atoms with Crippen molar-refractivity contribution in [1.29, 1.82) is 0 Å². The molecule has 1 rings (SSSR count). The van der Waals surface area contributed by atoms with Crippen LogP contribution in [0.3, 0.4) is 0 Å². The fourth-order valence-corrected chi connectivity index (χ4v) is 0.932. The number of methoxy groups -OCH3 is 1. The zero-order chi connectivity index (χ0) is 11.1. The Morgan fingerprint density at radius 2 is 2.27 bits per heavy atom. The molecule has 0 saturated carbocycles. The van der Waals surface area contributed by atoms with Gasteiger partial charge >= 0.3 is 0 Å². The van der Waals surface area contributed by atoms with E-state index in [1.807, 2.05) is 0 Å². The summed E-state index contributed by atoms with van der Waals surface area (Å²) in [7, 11) is 3.32. The zero-order valence-corrected chi connectivity index (χ0v) is 8.78. The molecule has 0 aliphatic rings. The molecule has 0 unspecified atom stereocenters. The number of carbonyl (C=O) groups is 1. The van der Waals surface area contributed by atoms with E-state index in [2.05, 4.69) is 20.6 Å². The lowest BCUT2D eigenvalue weighted by Gasteiger charge is -2.03. The number of amides is 1. The molecule has 2 N–H and O–H groups in total. The van der Waals surface area contributed by atoms with Gasteiger partial charge in [0.2, 0.25) is 0 Å². The van der Waals surface area contributed by atoms with Crippen molar-refractivity contribution in [2.24, 2.45) is 0 Å². The fraction of sp³-hybridized carbons (Fsp3) is 0.444. The predicted molar refractivity (Wildman–Crippen MR) is 55.8 cm³/mol. The van der Waals surface area contributed by atoms with Gasteiger partial charge in [-0.3, -0.25) is 4.79 Å². The molecule has 0 atom stereocenters. The Kier molecular flexibility index (Phi) is 4.49. The van der Waals surface area contributed by atoms with Gasteiger partial charge in [0.05, 0.1) is 19.0 Å². The average molecular weight is 210 g/mol. The number of aromatic nitrogens is 2. The monoisotopic (exact) mass is 210 g/mol. The number of anilines is 1. The summed E-state index contributed by atoms with van der Waals surface area (Å²) in [5.41, 5.74) is 0.296. The van der Waals surface area contributed by atoms with Gasteiger partial charge in [-0.1, -0.05) is 0 Å². The van der Waals surface area contributed by atoms with E-state index in [4.69, 9.17) is 4.74 Å². The van der Waals surface area contributed by atoms with Crippen molar-refractivity contribution < 1.29 is 9.53 Å². The van der Waals surface area contributed by atoms with Gasteiger partial charge in [-0.25, -0.2) is 9.97 Å². The van der Waals surface area contributed by atoms with E-state index in [0.717, 1.165) is 0 Å². The van der Waals surface area contributed by atoms with E-state index in [9.17, 15) is 4.79 Å². The number of hydrogen-bond acceptors (Lipinski definition) is 5. The van der Waals surface area contributed by atoms with Gasteiger partial charge in [-0.05, 0) is 0 Å². The lowest BCUT2D eigenvalue weighted by molar-refractivity contribution is 0.0932. The Hall–Kier alpha value is -1.69. The van der Waals surface area contributed by atoms with E-state index in [1.165, 1.54) is 12.4 Å². The summed E-state index contributed by atoms with van der Waals surface area (Å²) in [5, 5.41) is 5.47. The first-order chi connectivity index (χ1) is 7.27. The third kappa shape index (κ3) is 3.51. The molecule has 6 heteroatoms. The van der Waals surface area contributed by atoms with Crippen LogP contribution in [0, 0.1) is 0 Å². The smallest absolute Gasteiger partial charge is 0.271 e. The quantitative estimate of drug-likeness (QED) is 0.663. The maximum absolute atomic E-state index is 11.4. The second kappa shape index (κ2) is 5.92. The van der Waals surface area contributed by atoms with Crippen LogP contribution in [0.15, 0.2) is 12.4 Å². The van der Waals surface area contributed by atoms with Crippen molar-refractivity contribution in [3.8, 4) is 0 Å². The van der Waals surface area contributed by atoms with Gasteiger partial charge in [0, 0.05) is 20.7 Å². The number of nitrogens with zero attached hydrogens (tertiary/aromatic N) is 2. The molecule has 1 amide bonds. The molecular weight excluding hydrogens is 196 g/mol. The SMILES string of the molecule is CNc1cnc(C(=O)NCCOC)cn1. The van der Waals surface area contributed by atoms with Crippen LogP contribution < -0.4 is 10.6 Å². The highest BCUT2D eigenvalue weighted by Crippen LogP contribution is 1.98. The molecule has 1 aromatic rings. The van der Waals surface area contributed by atoms with E-state index in [0.29, 0.717) is 24.7 Å². The Morgan fingerprint density at radius 3 is 2.80 bits per heavy atom. The highest BCUT2D eigenvalue weighted by atomic mass is 16.5. The molecule has 0 aromatic carbocycles. The Morgan fingerprint density at radius 1 is 1.47 bits per heavy atom.